The predicted molar refractivity (Wildman–Crippen MR) is 67.1 cm³/mol. The van der Waals surface area contributed by atoms with Crippen molar-refractivity contribution in [2.24, 2.45) is 12.8 Å². The normalized spacial score (nSPS) is 12.9. The van der Waals surface area contributed by atoms with Crippen molar-refractivity contribution in [3.05, 3.63) is 44.9 Å². The van der Waals surface area contributed by atoms with Crippen LogP contribution in [0.15, 0.2) is 27.8 Å². The van der Waals surface area contributed by atoms with E-state index >= 15 is 0 Å². The summed E-state index contributed by atoms with van der Waals surface area (Å²) in [4.78, 5) is 24.1. The highest BCUT2D eigenvalue weighted by Gasteiger charge is 2.12. The lowest BCUT2D eigenvalue weighted by molar-refractivity contribution is 0.537. The van der Waals surface area contributed by atoms with Crippen LogP contribution in [0, 0.1) is 5.82 Å². The number of nitrogens with zero attached hydrogens (tertiary/aromatic N) is 2. The molecule has 6 heteroatoms. The molecule has 96 valence electrons. The summed E-state index contributed by atoms with van der Waals surface area (Å²) in [5.41, 5.74) is 4.97. The smallest absolute Gasteiger partial charge is 0.326 e. The average Bonchev–Trinajstić information content (AvgIpc) is 2.31. The molecule has 0 bridgehead atoms. The fourth-order valence-electron chi connectivity index (χ4n) is 1.93. The van der Waals surface area contributed by atoms with Crippen molar-refractivity contribution in [3.8, 4) is 0 Å². The van der Waals surface area contributed by atoms with Crippen molar-refractivity contribution >= 4 is 10.9 Å². The zero-order chi connectivity index (χ0) is 13.4. The van der Waals surface area contributed by atoms with Crippen molar-refractivity contribution < 1.29 is 4.39 Å². The van der Waals surface area contributed by atoms with Gasteiger partial charge in [0.2, 0.25) is 0 Å². The van der Waals surface area contributed by atoms with Gasteiger partial charge in [-0.3, -0.25) is 13.9 Å². The first kappa shape index (κ1) is 12.5. The van der Waals surface area contributed by atoms with Gasteiger partial charge in [-0.1, -0.05) is 0 Å². The maximum atomic E-state index is 13.1. The summed E-state index contributed by atoms with van der Waals surface area (Å²) in [6.07, 6.45) is 0. The molecule has 0 aliphatic carbocycles. The van der Waals surface area contributed by atoms with Crippen LogP contribution in [0.4, 0.5) is 4.39 Å². The number of fused-ring (bicyclic) bond motifs is 1. The molecule has 2 rings (SSSR count). The van der Waals surface area contributed by atoms with Crippen LogP contribution in [-0.2, 0) is 13.6 Å². The second kappa shape index (κ2) is 4.38. The van der Waals surface area contributed by atoms with Crippen molar-refractivity contribution in [1.29, 1.82) is 0 Å². The number of aryl methyl sites for hydroxylation is 1. The Labute approximate surface area is 102 Å². The SMILES string of the molecule is CC(N)Cn1c(=O)c2ccc(F)cc2n(C)c1=O. The van der Waals surface area contributed by atoms with E-state index in [1.54, 1.807) is 6.92 Å². The summed E-state index contributed by atoms with van der Waals surface area (Å²) in [5.74, 6) is -0.484. The molecule has 0 radical (unpaired) electrons. The number of aromatic nitrogens is 2. The van der Waals surface area contributed by atoms with E-state index in [2.05, 4.69) is 0 Å². The summed E-state index contributed by atoms with van der Waals surface area (Å²) < 4.78 is 15.5. The minimum atomic E-state index is -0.490. The van der Waals surface area contributed by atoms with Crippen LogP contribution in [-0.4, -0.2) is 15.2 Å². The molecule has 0 aliphatic heterocycles. The van der Waals surface area contributed by atoms with E-state index in [1.807, 2.05) is 0 Å². The van der Waals surface area contributed by atoms with Crippen LogP contribution in [0.1, 0.15) is 6.92 Å². The van der Waals surface area contributed by atoms with E-state index in [-0.39, 0.29) is 18.1 Å². The Morgan fingerprint density at radius 3 is 2.67 bits per heavy atom. The summed E-state index contributed by atoms with van der Waals surface area (Å²) in [6, 6.07) is 3.44. The van der Waals surface area contributed by atoms with Gasteiger partial charge in [0.15, 0.2) is 0 Å². The second-order valence-electron chi connectivity index (χ2n) is 4.40. The third kappa shape index (κ3) is 1.95. The Balaban J connectivity index is 2.88. The first-order chi connectivity index (χ1) is 8.41. The van der Waals surface area contributed by atoms with Crippen LogP contribution in [0.25, 0.3) is 10.9 Å². The van der Waals surface area contributed by atoms with E-state index < -0.39 is 17.1 Å². The highest BCUT2D eigenvalue weighted by molar-refractivity contribution is 5.77. The fraction of sp³-hybridized carbons (Fsp3) is 0.333. The molecule has 0 fully saturated rings. The molecule has 2 N–H and O–H groups in total. The zero-order valence-electron chi connectivity index (χ0n) is 10.2. The summed E-state index contributed by atoms with van der Waals surface area (Å²) in [6.45, 7) is 1.85. The Kier molecular flexibility index (Phi) is 3.04. The van der Waals surface area contributed by atoms with Gasteiger partial charge in [-0.2, -0.15) is 0 Å². The molecule has 1 atom stereocenters. The molecule has 0 amide bonds. The van der Waals surface area contributed by atoms with Gasteiger partial charge in [0.05, 0.1) is 10.9 Å². The Hall–Kier alpha value is -1.95. The molecule has 1 aromatic heterocycles. The van der Waals surface area contributed by atoms with Gasteiger partial charge in [-0.25, -0.2) is 9.18 Å². The van der Waals surface area contributed by atoms with Crippen LogP contribution in [0.3, 0.4) is 0 Å². The van der Waals surface area contributed by atoms with Crippen LogP contribution in [0.2, 0.25) is 0 Å². The molecule has 18 heavy (non-hydrogen) atoms. The molecule has 1 unspecified atom stereocenters. The minimum absolute atomic E-state index is 0.138. The lowest BCUT2D eigenvalue weighted by Crippen LogP contribution is -2.42. The highest BCUT2D eigenvalue weighted by atomic mass is 19.1. The monoisotopic (exact) mass is 251 g/mol. The molecule has 0 aliphatic rings. The number of hydrogen-bond donors (Lipinski definition) is 1. The molecule has 0 spiro atoms. The van der Waals surface area contributed by atoms with Crippen molar-refractivity contribution in [2.45, 2.75) is 19.5 Å². The number of rotatable bonds is 2. The maximum Gasteiger partial charge on any atom is 0.331 e. The molecule has 2 aromatic rings. The van der Waals surface area contributed by atoms with E-state index in [4.69, 9.17) is 5.73 Å². The maximum absolute atomic E-state index is 13.1. The summed E-state index contributed by atoms with van der Waals surface area (Å²) in [5, 5.41) is 0.305. The lowest BCUT2D eigenvalue weighted by Gasteiger charge is -2.12. The molecular formula is C12H14FN3O2. The Morgan fingerprint density at radius 2 is 2.06 bits per heavy atom. The average molecular weight is 251 g/mol. The first-order valence-corrected chi connectivity index (χ1v) is 5.56. The quantitative estimate of drug-likeness (QED) is 0.828. The van der Waals surface area contributed by atoms with Gasteiger partial charge in [-0.05, 0) is 25.1 Å². The summed E-state index contributed by atoms with van der Waals surface area (Å²) >= 11 is 0. The Bertz CT molecular complexity index is 716. The van der Waals surface area contributed by atoms with Gasteiger partial charge in [0, 0.05) is 19.6 Å². The lowest BCUT2D eigenvalue weighted by atomic mass is 10.2. The molecular weight excluding hydrogens is 237 g/mol. The highest BCUT2D eigenvalue weighted by Crippen LogP contribution is 2.09. The second-order valence-corrected chi connectivity index (χ2v) is 4.40. The standard InChI is InChI=1S/C12H14FN3O2/c1-7(14)6-16-11(17)9-4-3-8(13)5-10(9)15(2)12(16)18/h3-5,7H,6,14H2,1-2H3. The molecule has 1 aromatic carbocycles. The fourth-order valence-corrected chi connectivity index (χ4v) is 1.93. The zero-order valence-corrected chi connectivity index (χ0v) is 10.2. The van der Waals surface area contributed by atoms with Gasteiger partial charge < -0.3 is 5.73 Å². The van der Waals surface area contributed by atoms with Gasteiger partial charge >= 0.3 is 5.69 Å². The minimum Gasteiger partial charge on any atom is -0.326 e. The summed E-state index contributed by atoms with van der Waals surface area (Å²) in [7, 11) is 1.50. The van der Waals surface area contributed by atoms with Crippen molar-refractivity contribution in [3.63, 3.8) is 0 Å². The third-order valence-electron chi connectivity index (χ3n) is 2.79. The van der Waals surface area contributed by atoms with Gasteiger partial charge in [0.25, 0.3) is 5.56 Å². The van der Waals surface area contributed by atoms with Gasteiger partial charge in [-0.15, -0.1) is 0 Å². The van der Waals surface area contributed by atoms with E-state index in [1.165, 1.54) is 29.8 Å². The number of hydrogen-bond acceptors (Lipinski definition) is 3. The number of halogens is 1. The molecule has 0 saturated heterocycles. The van der Waals surface area contributed by atoms with Crippen molar-refractivity contribution in [1.82, 2.24) is 9.13 Å². The number of benzene rings is 1. The molecule has 0 saturated carbocycles. The first-order valence-electron chi connectivity index (χ1n) is 5.56. The van der Waals surface area contributed by atoms with E-state index in [0.29, 0.717) is 5.39 Å². The topological polar surface area (TPSA) is 70.0 Å². The van der Waals surface area contributed by atoms with Crippen LogP contribution < -0.4 is 17.0 Å². The number of nitrogens with two attached hydrogens (primary N) is 1. The molecule has 1 heterocycles. The van der Waals surface area contributed by atoms with Crippen molar-refractivity contribution in [2.75, 3.05) is 0 Å². The van der Waals surface area contributed by atoms with Crippen LogP contribution in [0.5, 0.6) is 0 Å². The Morgan fingerprint density at radius 1 is 1.39 bits per heavy atom. The van der Waals surface area contributed by atoms with E-state index in [9.17, 15) is 14.0 Å². The molecule has 5 nitrogen and oxygen atoms in total. The van der Waals surface area contributed by atoms with Gasteiger partial charge in [0.1, 0.15) is 5.82 Å². The largest absolute Gasteiger partial charge is 0.331 e. The predicted octanol–water partition coefficient (Wildman–Crippen LogP) is 0.186. The third-order valence-corrected chi connectivity index (χ3v) is 2.79. The van der Waals surface area contributed by atoms with Crippen LogP contribution >= 0.6 is 0 Å². The van der Waals surface area contributed by atoms with E-state index in [0.717, 1.165) is 4.57 Å².